The van der Waals surface area contributed by atoms with Crippen molar-refractivity contribution in [2.24, 2.45) is 0 Å². The smallest absolute Gasteiger partial charge is 0.244 e. The highest BCUT2D eigenvalue weighted by Crippen LogP contribution is 1.98. The van der Waals surface area contributed by atoms with Crippen LogP contribution in [0.1, 0.15) is 12.7 Å². The second-order valence-electron chi connectivity index (χ2n) is 2.68. The van der Waals surface area contributed by atoms with E-state index in [1.807, 2.05) is 19.1 Å². The molecule has 3 nitrogen and oxygen atoms in total. The first-order valence-corrected chi connectivity index (χ1v) is 4.42. The van der Waals surface area contributed by atoms with Crippen LogP contribution in [0.25, 0.3) is 0 Å². The zero-order valence-corrected chi connectivity index (χ0v) is 8.07. The summed E-state index contributed by atoms with van der Waals surface area (Å²) < 4.78 is 5.06. The molecule has 0 spiro atoms. The minimum atomic E-state index is -0.125. The summed E-state index contributed by atoms with van der Waals surface area (Å²) in [6, 6.07) is 3.60. The van der Waals surface area contributed by atoms with Crippen molar-refractivity contribution in [3.05, 3.63) is 48.5 Å². The van der Waals surface area contributed by atoms with Gasteiger partial charge < -0.3 is 9.73 Å². The molecule has 1 aromatic heterocycles. The Morgan fingerprint density at radius 1 is 1.57 bits per heavy atom. The standard InChI is InChI=1S/C11H13NO2/c1-2-3-4-7-11(13)12-9-10-6-5-8-14-10/h2-8H,9H2,1H3,(H,12,13)/b3-2+,7-4+. The topological polar surface area (TPSA) is 42.2 Å². The zero-order valence-electron chi connectivity index (χ0n) is 8.07. The molecule has 0 fully saturated rings. The van der Waals surface area contributed by atoms with Crippen LogP contribution in [-0.4, -0.2) is 5.91 Å². The monoisotopic (exact) mass is 191 g/mol. The summed E-state index contributed by atoms with van der Waals surface area (Å²) in [4.78, 5) is 11.1. The van der Waals surface area contributed by atoms with Crippen LogP contribution in [0.2, 0.25) is 0 Å². The Bertz CT molecular complexity index is 323. The maximum absolute atomic E-state index is 11.1. The molecular formula is C11H13NO2. The third kappa shape index (κ3) is 3.76. The van der Waals surface area contributed by atoms with E-state index in [-0.39, 0.29) is 5.91 Å². The molecule has 0 radical (unpaired) electrons. The van der Waals surface area contributed by atoms with Crippen LogP contribution in [0, 0.1) is 0 Å². The first-order valence-electron chi connectivity index (χ1n) is 4.42. The molecule has 0 aromatic carbocycles. The molecule has 0 bridgehead atoms. The average molecular weight is 191 g/mol. The molecule has 1 rings (SSSR count). The lowest BCUT2D eigenvalue weighted by Crippen LogP contribution is -2.19. The molecule has 0 saturated carbocycles. The van der Waals surface area contributed by atoms with Gasteiger partial charge in [-0.05, 0) is 19.1 Å². The van der Waals surface area contributed by atoms with Gasteiger partial charge in [0.25, 0.3) is 0 Å². The fourth-order valence-electron chi connectivity index (χ4n) is 0.900. The molecule has 1 N–H and O–H groups in total. The number of carbonyl (C=O) groups excluding carboxylic acids is 1. The number of carbonyl (C=O) groups is 1. The number of furan rings is 1. The summed E-state index contributed by atoms with van der Waals surface area (Å²) in [5, 5.41) is 2.69. The molecule has 0 aliphatic carbocycles. The molecule has 14 heavy (non-hydrogen) atoms. The third-order valence-electron chi connectivity index (χ3n) is 1.57. The number of amides is 1. The summed E-state index contributed by atoms with van der Waals surface area (Å²) in [6.07, 6.45) is 8.40. The van der Waals surface area contributed by atoms with Gasteiger partial charge in [0.15, 0.2) is 0 Å². The number of nitrogens with one attached hydrogen (secondary N) is 1. The Hall–Kier alpha value is -1.77. The Kier molecular flexibility index (Phi) is 4.27. The van der Waals surface area contributed by atoms with Crippen LogP contribution >= 0.6 is 0 Å². The lowest BCUT2D eigenvalue weighted by Gasteiger charge is -1.97. The van der Waals surface area contributed by atoms with Crippen molar-refractivity contribution in [2.45, 2.75) is 13.5 Å². The third-order valence-corrected chi connectivity index (χ3v) is 1.57. The second-order valence-corrected chi connectivity index (χ2v) is 2.68. The number of hydrogen-bond acceptors (Lipinski definition) is 2. The Balaban J connectivity index is 2.28. The highest BCUT2D eigenvalue weighted by Gasteiger charge is 1.96. The van der Waals surface area contributed by atoms with Gasteiger partial charge in [-0.2, -0.15) is 0 Å². The predicted octanol–water partition coefficient (Wildman–Crippen LogP) is 2.03. The fourth-order valence-corrected chi connectivity index (χ4v) is 0.900. The lowest BCUT2D eigenvalue weighted by atomic mass is 10.4. The molecule has 1 aromatic rings. The molecule has 1 heterocycles. The van der Waals surface area contributed by atoms with Crippen molar-refractivity contribution in [1.82, 2.24) is 5.32 Å². The van der Waals surface area contributed by atoms with Crippen molar-refractivity contribution in [1.29, 1.82) is 0 Å². The highest BCUT2D eigenvalue weighted by atomic mass is 16.3. The minimum Gasteiger partial charge on any atom is -0.467 e. The van der Waals surface area contributed by atoms with Crippen LogP contribution in [0.3, 0.4) is 0 Å². The van der Waals surface area contributed by atoms with Crippen LogP contribution in [-0.2, 0) is 11.3 Å². The van der Waals surface area contributed by atoms with Gasteiger partial charge in [-0.3, -0.25) is 4.79 Å². The van der Waals surface area contributed by atoms with Crippen LogP contribution in [0.4, 0.5) is 0 Å². The summed E-state index contributed by atoms with van der Waals surface area (Å²) in [6.45, 7) is 2.32. The predicted molar refractivity (Wildman–Crippen MR) is 54.5 cm³/mol. The normalized spacial score (nSPS) is 11.2. The van der Waals surface area contributed by atoms with E-state index in [4.69, 9.17) is 4.42 Å². The lowest BCUT2D eigenvalue weighted by molar-refractivity contribution is -0.116. The van der Waals surface area contributed by atoms with Crippen molar-refractivity contribution < 1.29 is 9.21 Å². The van der Waals surface area contributed by atoms with E-state index in [1.54, 1.807) is 24.5 Å². The van der Waals surface area contributed by atoms with Gasteiger partial charge in [0, 0.05) is 6.08 Å². The second kappa shape index (κ2) is 5.80. The van der Waals surface area contributed by atoms with Gasteiger partial charge in [0.1, 0.15) is 5.76 Å². The van der Waals surface area contributed by atoms with Crippen molar-refractivity contribution in [3.8, 4) is 0 Å². The SMILES string of the molecule is C/C=C/C=C/C(=O)NCc1ccco1. The maximum Gasteiger partial charge on any atom is 0.244 e. The van der Waals surface area contributed by atoms with E-state index in [9.17, 15) is 4.79 Å². The molecule has 0 aliphatic rings. The van der Waals surface area contributed by atoms with E-state index in [1.165, 1.54) is 6.08 Å². The number of allylic oxidation sites excluding steroid dienone is 3. The van der Waals surface area contributed by atoms with Crippen LogP contribution in [0.15, 0.2) is 47.1 Å². The van der Waals surface area contributed by atoms with Gasteiger partial charge >= 0.3 is 0 Å². The van der Waals surface area contributed by atoms with E-state index in [2.05, 4.69) is 5.32 Å². The quantitative estimate of drug-likeness (QED) is 0.584. The molecule has 0 aliphatic heterocycles. The maximum atomic E-state index is 11.1. The van der Waals surface area contributed by atoms with Gasteiger partial charge in [-0.15, -0.1) is 0 Å². The number of rotatable bonds is 4. The molecule has 0 atom stereocenters. The minimum absolute atomic E-state index is 0.125. The van der Waals surface area contributed by atoms with E-state index >= 15 is 0 Å². The largest absolute Gasteiger partial charge is 0.467 e. The Morgan fingerprint density at radius 3 is 3.07 bits per heavy atom. The number of hydrogen-bond donors (Lipinski definition) is 1. The van der Waals surface area contributed by atoms with Gasteiger partial charge in [0.05, 0.1) is 12.8 Å². The summed E-state index contributed by atoms with van der Waals surface area (Å²) >= 11 is 0. The average Bonchev–Trinajstić information content (AvgIpc) is 2.68. The van der Waals surface area contributed by atoms with Crippen LogP contribution < -0.4 is 5.32 Å². The van der Waals surface area contributed by atoms with Crippen molar-refractivity contribution in [2.75, 3.05) is 0 Å². The van der Waals surface area contributed by atoms with Crippen molar-refractivity contribution >= 4 is 5.91 Å². The first-order chi connectivity index (χ1) is 6.83. The molecule has 0 saturated heterocycles. The molecule has 0 unspecified atom stereocenters. The summed E-state index contributed by atoms with van der Waals surface area (Å²) in [5.74, 6) is 0.622. The zero-order chi connectivity index (χ0) is 10.2. The molecule has 74 valence electrons. The van der Waals surface area contributed by atoms with Crippen LogP contribution in [0.5, 0.6) is 0 Å². The Labute approximate surface area is 83.1 Å². The van der Waals surface area contributed by atoms with E-state index in [0.717, 1.165) is 5.76 Å². The van der Waals surface area contributed by atoms with E-state index in [0.29, 0.717) is 6.54 Å². The highest BCUT2D eigenvalue weighted by molar-refractivity contribution is 5.87. The molecular weight excluding hydrogens is 178 g/mol. The van der Waals surface area contributed by atoms with Gasteiger partial charge in [-0.25, -0.2) is 0 Å². The van der Waals surface area contributed by atoms with Crippen molar-refractivity contribution in [3.63, 3.8) is 0 Å². The summed E-state index contributed by atoms with van der Waals surface area (Å²) in [5.41, 5.74) is 0. The molecule has 3 heteroatoms. The molecule has 1 amide bonds. The van der Waals surface area contributed by atoms with Gasteiger partial charge in [-0.1, -0.05) is 18.2 Å². The first kappa shape index (κ1) is 10.3. The fraction of sp³-hybridized carbons (Fsp3) is 0.182. The van der Waals surface area contributed by atoms with Gasteiger partial charge in [0.2, 0.25) is 5.91 Å². The Morgan fingerprint density at radius 2 is 2.43 bits per heavy atom. The van der Waals surface area contributed by atoms with E-state index < -0.39 is 0 Å². The summed E-state index contributed by atoms with van der Waals surface area (Å²) in [7, 11) is 0.